The second-order valence-electron chi connectivity index (χ2n) is 13.2. The molecule has 1 N–H and O–H groups in total. The quantitative estimate of drug-likeness (QED) is 0.231. The maximum atomic E-state index is 14.5. The van der Waals surface area contributed by atoms with Crippen LogP contribution in [0.2, 0.25) is 0 Å². The van der Waals surface area contributed by atoms with Gasteiger partial charge in [-0.15, -0.1) is 0 Å². The van der Waals surface area contributed by atoms with Crippen LogP contribution in [0.15, 0.2) is 45.8 Å². The van der Waals surface area contributed by atoms with Crippen molar-refractivity contribution in [2.45, 2.75) is 91.5 Å². The fraction of sp³-hybridized carbons (Fsp3) is 0.625. The Morgan fingerprint density at radius 2 is 1.90 bits per heavy atom. The highest BCUT2D eigenvalue weighted by molar-refractivity contribution is 5.98. The van der Waals surface area contributed by atoms with Crippen LogP contribution in [0.5, 0.6) is 0 Å². The van der Waals surface area contributed by atoms with Crippen molar-refractivity contribution in [1.29, 1.82) is 0 Å². The number of Topliss-reactive ketones (excluding diaryl/α,β-unsaturated/α-hetero) is 1. The van der Waals surface area contributed by atoms with Crippen LogP contribution in [0.4, 0.5) is 0 Å². The maximum absolute atomic E-state index is 14.5. The molecule has 2 heterocycles. The third kappa shape index (κ3) is 4.06. The molecule has 3 fully saturated rings. The molecule has 2 saturated carbocycles. The fourth-order valence-electron chi connectivity index (χ4n) is 8.62. The lowest BCUT2D eigenvalue weighted by Crippen LogP contribution is -2.75. The minimum atomic E-state index is -2.06. The molecule has 41 heavy (non-hydrogen) atoms. The standard InChI is InChI=1S/C32H40O9/c1-8-17(2)26(35)41-28-29(3,4)22(14-23(33)38-7)31(6)20-9-11-30(5)21(19(20)15-32(28,37)27(31)36)13-24(34)40-25(30)18-10-12-39-16-18/h8,10,12,16,20,22,25,28,37H,9,11,13-15H2,1-7H3/t20-,22-,25-,28-,30+,31+,32-/m1/s1. The largest absolute Gasteiger partial charge is 0.472 e. The summed E-state index contributed by atoms with van der Waals surface area (Å²) in [5.41, 5.74) is -2.05. The molecule has 1 aromatic rings. The molecule has 1 aliphatic heterocycles. The van der Waals surface area contributed by atoms with Crippen molar-refractivity contribution in [1.82, 2.24) is 0 Å². The average Bonchev–Trinajstić information content (AvgIpc) is 3.46. The third-order valence-corrected chi connectivity index (χ3v) is 10.8. The second kappa shape index (κ2) is 9.68. The summed E-state index contributed by atoms with van der Waals surface area (Å²) in [6.45, 7) is 10.9. The SMILES string of the molecule is CC=C(C)C(=O)O[C@@H]1C(C)(C)[C@@H](CC(=O)OC)[C@@]2(C)C(=O)[C@]1(O)CC1=C3CC(=O)O[C@H](c4ccoc4)[C@@]3(C)CC[C@H]12. The Morgan fingerprint density at radius 1 is 1.20 bits per heavy atom. The Hall–Kier alpha value is -3.20. The van der Waals surface area contributed by atoms with E-state index in [1.54, 1.807) is 32.3 Å². The summed E-state index contributed by atoms with van der Waals surface area (Å²) in [5, 5.41) is 12.4. The summed E-state index contributed by atoms with van der Waals surface area (Å²) >= 11 is 0. The number of ketones is 1. The van der Waals surface area contributed by atoms with E-state index in [4.69, 9.17) is 18.6 Å². The van der Waals surface area contributed by atoms with Crippen LogP contribution >= 0.6 is 0 Å². The molecule has 222 valence electrons. The van der Waals surface area contributed by atoms with Gasteiger partial charge in [0.2, 0.25) is 0 Å². The van der Waals surface area contributed by atoms with Gasteiger partial charge in [0, 0.05) is 40.2 Å². The molecule has 9 nitrogen and oxygen atoms in total. The van der Waals surface area contributed by atoms with E-state index >= 15 is 0 Å². The van der Waals surface area contributed by atoms with Gasteiger partial charge in [0.15, 0.2) is 11.4 Å². The summed E-state index contributed by atoms with van der Waals surface area (Å²) in [6, 6.07) is 1.78. The number of methoxy groups -OCH3 is 1. The van der Waals surface area contributed by atoms with Gasteiger partial charge in [-0.1, -0.05) is 39.3 Å². The van der Waals surface area contributed by atoms with Crippen molar-refractivity contribution in [3.8, 4) is 0 Å². The molecular formula is C32H40O9. The lowest BCUT2D eigenvalue weighted by molar-refractivity contribution is -0.234. The van der Waals surface area contributed by atoms with Crippen LogP contribution in [0, 0.1) is 28.1 Å². The molecule has 9 heteroatoms. The zero-order valence-electron chi connectivity index (χ0n) is 24.9. The van der Waals surface area contributed by atoms with E-state index < -0.39 is 63.7 Å². The number of hydrogen-bond acceptors (Lipinski definition) is 9. The molecule has 2 bridgehead atoms. The van der Waals surface area contributed by atoms with Gasteiger partial charge >= 0.3 is 17.9 Å². The first-order valence-electron chi connectivity index (χ1n) is 14.3. The van der Waals surface area contributed by atoms with Crippen LogP contribution in [0.25, 0.3) is 0 Å². The number of fused-ring (bicyclic) bond motifs is 5. The molecule has 5 rings (SSSR count). The van der Waals surface area contributed by atoms with Crippen molar-refractivity contribution in [2.75, 3.05) is 7.11 Å². The highest BCUT2D eigenvalue weighted by Gasteiger charge is 2.74. The first kappa shape index (κ1) is 29.3. The summed E-state index contributed by atoms with van der Waals surface area (Å²) < 4.78 is 22.3. The fourth-order valence-corrected chi connectivity index (χ4v) is 8.62. The number of aliphatic hydroxyl groups is 1. The number of esters is 3. The van der Waals surface area contributed by atoms with Crippen LogP contribution in [-0.4, -0.2) is 47.6 Å². The van der Waals surface area contributed by atoms with Gasteiger partial charge in [-0.05, 0) is 50.2 Å². The van der Waals surface area contributed by atoms with Crippen LogP contribution < -0.4 is 0 Å². The average molecular weight is 569 g/mol. The molecule has 0 aromatic carbocycles. The molecule has 4 aliphatic rings. The number of ether oxygens (including phenoxy) is 3. The minimum Gasteiger partial charge on any atom is -0.472 e. The number of allylic oxidation sites excluding steroid dienone is 1. The van der Waals surface area contributed by atoms with Crippen LogP contribution in [0.1, 0.15) is 85.3 Å². The highest BCUT2D eigenvalue weighted by atomic mass is 16.6. The van der Waals surface area contributed by atoms with E-state index in [0.717, 1.165) is 16.7 Å². The van der Waals surface area contributed by atoms with Crippen molar-refractivity contribution in [3.63, 3.8) is 0 Å². The number of furan rings is 1. The Morgan fingerprint density at radius 3 is 2.51 bits per heavy atom. The first-order valence-corrected chi connectivity index (χ1v) is 14.3. The van der Waals surface area contributed by atoms with Crippen LogP contribution in [-0.2, 0) is 33.4 Å². The van der Waals surface area contributed by atoms with Crippen LogP contribution in [0.3, 0.4) is 0 Å². The van der Waals surface area contributed by atoms with Gasteiger partial charge in [-0.2, -0.15) is 0 Å². The number of carbonyl (C=O) groups excluding carboxylic acids is 4. The zero-order chi connectivity index (χ0) is 30.1. The summed E-state index contributed by atoms with van der Waals surface area (Å²) in [5.74, 6) is -2.90. The van der Waals surface area contributed by atoms with Crippen molar-refractivity contribution < 1.29 is 42.9 Å². The summed E-state index contributed by atoms with van der Waals surface area (Å²) in [4.78, 5) is 53.5. The van der Waals surface area contributed by atoms with Crippen molar-refractivity contribution >= 4 is 23.7 Å². The van der Waals surface area contributed by atoms with Gasteiger partial charge < -0.3 is 23.7 Å². The molecular weight excluding hydrogens is 528 g/mol. The summed E-state index contributed by atoms with van der Waals surface area (Å²) in [7, 11) is 1.30. The lowest BCUT2D eigenvalue weighted by Gasteiger charge is -2.65. The molecule has 3 aliphatic carbocycles. The minimum absolute atomic E-state index is 0.0320. The third-order valence-electron chi connectivity index (χ3n) is 10.8. The van der Waals surface area contributed by atoms with E-state index in [0.29, 0.717) is 18.4 Å². The number of carbonyl (C=O) groups is 4. The lowest BCUT2D eigenvalue weighted by atomic mass is 9.39. The van der Waals surface area contributed by atoms with E-state index in [1.807, 2.05) is 20.8 Å². The second-order valence-corrected chi connectivity index (χ2v) is 13.2. The Bertz CT molecular complexity index is 1350. The smallest absolute Gasteiger partial charge is 0.333 e. The molecule has 1 aromatic heterocycles. The van der Waals surface area contributed by atoms with Gasteiger partial charge in [0.05, 0.1) is 26.1 Å². The topological polar surface area (TPSA) is 129 Å². The van der Waals surface area contributed by atoms with Gasteiger partial charge in [-0.25, -0.2) is 4.79 Å². The van der Waals surface area contributed by atoms with E-state index in [-0.39, 0.29) is 25.2 Å². The van der Waals surface area contributed by atoms with Gasteiger partial charge in [-0.3, -0.25) is 14.4 Å². The number of hydrogen-bond donors (Lipinski definition) is 1. The van der Waals surface area contributed by atoms with Crippen molar-refractivity contribution in [3.05, 3.63) is 47.0 Å². The molecule has 7 atom stereocenters. The number of rotatable bonds is 5. The predicted molar refractivity (Wildman–Crippen MR) is 146 cm³/mol. The highest BCUT2D eigenvalue weighted by Crippen LogP contribution is 2.69. The molecule has 1 saturated heterocycles. The van der Waals surface area contributed by atoms with Gasteiger partial charge in [0.1, 0.15) is 12.2 Å². The Balaban J connectivity index is 1.73. The first-order chi connectivity index (χ1) is 19.2. The normalized spacial score (nSPS) is 38.0. The molecule has 0 amide bonds. The molecule has 0 radical (unpaired) electrons. The molecule has 0 spiro atoms. The Labute approximate surface area is 240 Å². The predicted octanol–water partition coefficient (Wildman–Crippen LogP) is 4.79. The zero-order valence-corrected chi connectivity index (χ0v) is 24.9. The maximum Gasteiger partial charge on any atom is 0.333 e. The van der Waals surface area contributed by atoms with E-state index in [1.165, 1.54) is 13.4 Å². The van der Waals surface area contributed by atoms with Crippen molar-refractivity contribution in [2.24, 2.45) is 28.1 Å². The summed E-state index contributed by atoms with van der Waals surface area (Å²) in [6.07, 6.45) is 4.00. The monoisotopic (exact) mass is 568 g/mol. The van der Waals surface area contributed by atoms with E-state index in [9.17, 15) is 24.3 Å². The van der Waals surface area contributed by atoms with Gasteiger partial charge in [0.25, 0.3) is 0 Å². The molecule has 0 unspecified atom stereocenters. The van der Waals surface area contributed by atoms with E-state index in [2.05, 4.69) is 6.92 Å². The number of cyclic esters (lactones) is 1. The Kier molecular flexibility index (Phi) is 6.92.